The fourth-order valence-electron chi connectivity index (χ4n) is 4.75. The number of benzene rings is 5. The molecule has 0 amide bonds. The van der Waals surface area contributed by atoms with E-state index in [0.717, 1.165) is 17.7 Å². The third-order valence-electron chi connectivity index (χ3n) is 6.69. The van der Waals surface area contributed by atoms with Gasteiger partial charge in [-0.15, -0.1) is 0 Å². The largest absolute Gasteiger partial charge is 0.497 e. The molecule has 0 N–H and O–H groups in total. The lowest BCUT2D eigenvalue weighted by molar-refractivity contribution is 0.415. The van der Waals surface area contributed by atoms with Crippen molar-refractivity contribution in [3.8, 4) is 11.5 Å². The van der Waals surface area contributed by atoms with E-state index in [-0.39, 0.29) is 0 Å². The van der Waals surface area contributed by atoms with Crippen molar-refractivity contribution in [2.45, 2.75) is 5.66 Å². The van der Waals surface area contributed by atoms with Gasteiger partial charge in [-0.1, -0.05) is 115 Å². The number of methoxy groups -OCH3 is 2. The number of ether oxygens (including phenoxy) is 2. The molecule has 0 aliphatic heterocycles. The molecule has 0 heterocycles. The quantitative estimate of drug-likeness (QED) is 0.180. The molecule has 38 heavy (non-hydrogen) atoms. The van der Waals surface area contributed by atoms with Crippen molar-refractivity contribution in [3.05, 3.63) is 145 Å². The van der Waals surface area contributed by atoms with Crippen molar-refractivity contribution in [3.63, 3.8) is 0 Å². The van der Waals surface area contributed by atoms with E-state index in [1.807, 2.05) is 0 Å². The summed E-state index contributed by atoms with van der Waals surface area (Å²) in [5, 5.41) is 5.51. The Morgan fingerprint density at radius 2 is 0.868 bits per heavy atom. The Morgan fingerprint density at radius 1 is 0.474 bits per heavy atom. The predicted molar refractivity (Wildman–Crippen MR) is 165 cm³/mol. The number of rotatable bonds is 10. The standard InChI is InChI=1S/C34H32O2P2/c1-35-28-18-22-32(23-19-28)38(33-24-20-29(36-2)21-25-33)34(27-12-6-3-7-13-27)26-37(30-14-8-4-9-15-30)31-16-10-5-11-17-31/h3-25,34H,26H2,1-2H3. The molecular formula is C34H32O2P2. The van der Waals surface area contributed by atoms with Crippen LogP contribution in [0.3, 0.4) is 0 Å². The minimum Gasteiger partial charge on any atom is -0.497 e. The van der Waals surface area contributed by atoms with Crippen LogP contribution in [0.2, 0.25) is 0 Å². The SMILES string of the molecule is COc1ccc(P(c2ccc(OC)cc2)C(CP(c2ccccc2)c2ccccc2)c2ccccc2)cc1. The molecule has 0 aliphatic rings. The molecule has 0 aromatic heterocycles. The van der Waals surface area contributed by atoms with E-state index in [4.69, 9.17) is 9.47 Å². The first-order chi connectivity index (χ1) is 18.8. The monoisotopic (exact) mass is 534 g/mol. The van der Waals surface area contributed by atoms with E-state index in [1.54, 1.807) is 14.2 Å². The Labute approximate surface area is 228 Å². The van der Waals surface area contributed by atoms with Crippen LogP contribution in [0, 0.1) is 0 Å². The van der Waals surface area contributed by atoms with Crippen LogP contribution in [0.15, 0.2) is 140 Å². The average Bonchev–Trinajstić information content (AvgIpc) is 3.01. The zero-order valence-electron chi connectivity index (χ0n) is 21.8. The van der Waals surface area contributed by atoms with Gasteiger partial charge in [0, 0.05) is 5.66 Å². The molecule has 0 saturated carbocycles. The lowest BCUT2D eigenvalue weighted by Gasteiger charge is -2.33. The molecule has 5 aromatic rings. The maximum absolute atomic E-state index is 5.50. The van der Waals surface area contributed by atoms with Crippen molar-refractivity contribution < 1.29 is 9.47 Å². The van der Waals surface area contributed by atoms with E-state index >= 15 is 0 Å². The van der Waals surface area contributed by atoms with E-state index in [0.29, 0.717) is 5.66 Å². The van der Waals surface area contributed by atoms with Gasteiger partial charge in [-0.3, -0.25) is 0 Å². The van der Waals surface area contributed by atoms with Crippen molar-refractivity contribution in [1.29, 1.82) is 0 Å². The number of hydrogen-bond acceptors (Lipinski definition) is 2. The van der Waals surface area contributed by atoms with Crippen molar-refractivity contribution in [2.24, 2.45) is 0 Å². The summed E-state index contributed by atoms with van der Waals surface area (Å²) in [4.78, 5) is 0. The second-order valence-corrected chi connectivity index (χ2v) is 13.6. The summed E-state index contributed by atoms with van der Waals surface area (Å²) >= 11 is 0. The molecule has 2 nitrogen and oxygen atoms in total. The Balaban J connectivity index is 1.66. The van der Waals surface area contributed by atoms with E-state index in [1.165, 1.54) is 26.8 Å². The van der Waals surface area contributed by atoms with Crippen LogP contribution in [0.4, 0.5) is 0 Å². The van der Waals surface area contributed by atoms with Crippen LogP contribution < -0.4 is 30.7 Å². The summed E-state index contributed by atoms with van der Waals surface area (Å²) in [7, 11) is 2.13. The zero-order chi connectivity index (χ0) is 26.2. The second kappa shape index (κ2) is 12.9. The maximum Gasteiger partial charge on any atom is 0.118 e. The maximum atomic E-state index is 5.50. The van der Waals surface area contributed by atoms with E-state index in [9.17, 15) is 0 Å². The Kier molecular flexibility index (Phi) is 8.87. The molecule has 1 unspecified atom stereocenters. The molecular weight excluding hydrogens is 502 g/mol. The Bertz CT molecular complexity index is 1300. The Morgan fingerprint density at radius 3 is 1.26 bits per heavy atom. The molecule has 5 rings (SSSR count). The van der Waals surface area contributed by atoms with Gasteiger partial charge in [0.15, 0.2) is 0 Å². The summed E-state index contributed by atoms with van der Waals surface area (Å²) in [6.07, 6.45) is 1.05. The highest BCUT2D eigenvalue weighted by molar-refractivity contribution is 7.76. The molecule has 190 valence electrons. The van der Waals surface area contributed by atoms with Crippen LogP contribution in [-0.4, -0.2) is 20.4 Å². The third-order valence-corrected chi connectivity index (χ3v) is 12.4. The van der Waals surface area contributed by atoms with Crippen molar-refractivity contribution in [2.75, 3.05) is 20.4 Å². The molecule has 0 radical (unpaired) electrons. The minimum atomic E-state index is -0.734. The van der Waals surface area contributed by atoms with Gasteiger partial charge < -0.3 is 9.47 Å². The van der Waals surface area contributed by atoms with E-state index in [2.05, 4.69) is 140 Å². The van der Waals surface area contributed by atoms with Crippen molar-refractivity contribution in [1.82, 2.24) is 0 Å². The summed E-state index contributed by atoms with van der Waals surface area (Å²) in [6, 6.07) is 50.5. The van der Waals surface area contributed by atoms with Gasteiger partial charge in [0.1, 0.15) is 11.5 Å². The van der Waals surface area contributed by atoms with Gasteiger partial charge in [-0.05, 0) is 73.1 Å². The van der Waals surface area contributed by atoms with Gasteiger partial charge in [-0.2, -0.15) is 0 Å². The first kappa shape index (κ1) is 26.2. The van der Waals surface area contributed by atoms with Crippen LogP contribution in [-0.2, 0) is 0 Å². The third kappa shape index (κ3) is 6.16. The van der Waals surface area contributed by atoms with Crippen LogP contribution in [0.1, 0.15) is 11.2 Å². The van der Waals surface area contributed by atoms with Gasteiger partial charge in [0.25, 0.3) is 0 Å². The summed E-state index contributed by atoms with van der Waals surface area (Å²) in [5.74, 6) is 1.76. The lowest BCUT2D eigenvalue weighted by atomic mass is 10.2. The summed E-state index contributed by atoms with van der Waals surface area (Å²) < 4.78 is 11.0. The highest BCUT2D eigenvalue weighted by Crippen LogP contribution is 2.55. The molecule has 0 bridgehead atoms. The molecule has 0 fully saturated rings. The molecule has 1 atom stereocenters. The van der Waals surface area contributed by atoms with Gasteiger partial charge in [0.05, 0.1) is 14.2 Å². The van der Waals surface area contributed by atoms with Gasteiger partial charge in [0.2, 0.25) is 0 Å². The van der Waals surface area contributed by atoms with Crippen LogP contribution in [0.25, 0.3) is 0 Å². The van der Waals surface area contributed by atoms with E-state index < -0.39 is 15.8 Å². The molecule has 0 aliphatic carbocycles. The number of hydrogen-bond donors (Lipinski definition) is 0. The first-order valence-electron chi connectivity index (χ1n) is 12.8. The lowest BCUT2D eigenvalue weighted by Crippen LogP contribution is -2.23. The predicted octanol–water partition coefficient (Wildman–Crippen LogP) is 7.01. The Hall–Kier alpha value is -3.44. The first-order valence-corrected chi connectivity index (χ1v) is 15.7. The minimum absolute atomic E-state index is 0.319. The smallest absolute Gasteiger partial charge is 0.118 e. The summed E-state index contributed by atoms with van der Waals surface area (Å²) in [5.41, 5.74) is 1.70. The normalized spacial score (nSPS) is 11.9. The zero-order valence-corrected chi connectivity index (χ0v) is 23.6. The fraction of sp³-hybridized carbons (Fsp3) is 0.118. The molecule has 4 heteroatoms. The molecule has 5 aromatic carbocycles. The molecule has 0 spiro atoms. The van der Waals surface area contributed by atoms with Crippen molar-refractivity contribution >= 4 is 37.1 Å². The van der Waals surface area contributed by atoms with Crippen LogP contribution in [0.5, 0.6) is 11.5 Å². The van der Waals surface area contributed by atoms with Crippen LogP contribution >= 0.6 is 15.8 Å². The highest BCUT2D eigenvalue weighted by Gasteiger charge is 2.30. The average molecular weight is 535 g/mol. The van der Waals surface area contributed by atoms with Gasteiger partial charge >= 0.3 is 0 Å². The second-order valence-electron chi connectivity index (χ2n) is 8.97. The van der Waals surface area contributed by atoms with Gasteiger partial charge in [-0.25, -0.2) is 0 Å². The summed E-state index contributed by atoms with van der Waals surface area (Å²) in [6.45, 7) is 0. The highest BCUT2D eigenvalue weighted by atomic mass is 31.1. The topological polar surface area (TPSA) is 18.5 Å². The molecule has 0 saturated heterocycles. The fourth-order valence-corrected chi connectivity index (χ4v) is 10.7.